The number of hydrogen-bond acceptors (Lipinski definition) is 6. The first-order chi connectivity index (χ1) is 17.5. The van der Waals surface area contributed by atoms with Crippen molar-refractivity contribution >= 4 is 11.7 Å². The molecule has 200 valence electrons. The maximum Gasteiger partial charge on any atom is 0.351 e. The van der Waals surface area contributed by atoms with Crippen LogP contribution in [-0.4, -0.2) is 45.5 Å². The molecule has 0 aliphatic carbocycles. The molecule has 0 spiro atoms. The maximum atomic E-state index is 12.5. The third kappa shape index (κ3) is 10.8. The summed E-state index contributed by atoms with van der Waals surface area (Å²) in [5.41, 5.74) is -0.617. The maximum absolute atomic E-state index is 12.5. The summed E-state index contributed by atoms with van der Waals surface area (Å²) in [4.78, 5) is 27.6. The summed E-state index contributed by atoms with van der Waals surface area (Å²) in [5.74, 6) is -0.171. The van der Waals surface area contributed by atoms with Crippen LogP contribution in [0.3, 0.4) is 0 Å². The van der Waals surface area contributed by atoms with Crippen molar-refractivity contribution in [2.24, 2.45) is 0 Å². The molecular formula is C27H47N3O5. The lowest BCUT2D eigenvalue weighted by atomic mass is 10.0. The van der Waals surface area contributed by atoms with Crippen LogP contribution in [-0.2, 0) is 14.3 Å². The molecule has 1 aliphatic heterocycles. The van der Waals surface area contributed by atoms with Crippen LogP contribution in [0.1, 0.15) is 118 Å². The van der Waals surface area contributed by atoms with E-state index in [1.165, 1.54) is 94.4 Å². The van der Waals surface area contributed by atoms with Gasteiger partial charge in [-0.3, -0.25) is 9.36 Å². The molecular weight excluding hydrogens is 446 g/mol. The molecule has 4 atom stereocenters. The van der Waals surface area contributed by atoms with Crippen LogP contribution in [0.15, 0.2) is 17.1 Å². The lowest BCUT2D eigenvalue weighted by molar-refractivity contribution is -0.114. The first-order valence-corrected chi connectivity index (χ1v) is 13.6. The first kappa shape index (κ1) is 27.8. The van der Waals surface area contributed by atoms with Crippen molar-refractivity contribution in [3.8, 4) is 0 Å². The Morgan fingerprint density at radius 3 is 2.17 bits per heavy atom. The highest BCUT2D eigenvalue weighted by Gasteiger charge is 2.43. The van der Waals surface area contributed by atoms with Crippen molar-refractivity contribution in [3.05, 3.63) is 22.7 Å². The van der Waals surface area contributed by atoms with Crippen molar-refractivity contribution in [2.75, 3.05) is 11.9 Å². The topological polar surface area (TPSA) is 103 Å². The minimum Gasteiger partial charge on any atom is -0.388 e. The number of ether oxygens (including phenoxy) is 2. The molecule has 0 radical (unpaired) electrons. The second-order valence-electron chi connectivity index (χ2n) is 9.67. The average Bonchev–Trinajstić information content (AvgIpc) is 3.16. The summed E-state index contributed by atoms with van der Waals surface area (Å²) in [5, 5.41) is 13.1. The molecule has 0 saturated carbocycles. The molecule has 1 aromatic heterocycles. The molecule has 1 saturated heterocycles. The molecule has 1 amide bonds. The Kier molecular flexibility index (Phi) is 13.4. The zero-order valence-electron chi connectivity index (χ0n) is 22.8. The van der Waals surface area contributed by atoms with Gasteiger partial charge in [0.15, 0.2) is 6.23 Å². The second kappa shape index (κ2) is 16.8. The van der Waals surface area contributed by atoms with Crippen LogP contribution in [0.5, 0.6) is 0 Å². The van der Waals surface area contributed by atoms with Gasteiger partial charge in [0.05, 0.1) is 6.10 Å². The van der Waals surface area contributed by atoms with Gasteiger partial charge in [0, 0.05) is 21.1 Å². The Morgan fingerprint density at radius 1 is 1.09 bits per heavy atom. The van der Waals surface area contributed by atoms with E-state index in [2.05, 4.69) is 17.2 Å². The third-order valence-corrected chi connectivity index (χ3v) is 6.53. The molecule has 8 nitrogen and oxygen atoms in total. The minimum absolute atomic E-state index is 0.136. The summed E-state index contributed by atoms with van der Waals surface area (Å²) in [7, 11) is 0. The highest BCUT2D eigenvalue weighted by Crippen LogP contribution is 2.31. The number of nitrogens with zero attached hydrogens (tertiary/aromatic N) is 2. The van der Waals surface area contributed by atoms with Gasteiger partial charge in [0.2, 0.25) is 5.91 Å². The minimum atomic E-state index is -0.999. The Bertz CT molecular complexity index is 806. The zero-order chi connectivity index (χ0) is 26.2. The van der Waals surface area contributed by atoms with Gasteiger partial charge in [0.1, 0.15) is 18.0 Å². The molecule has 8 heteroatoms. The number of aliphatic hydroxyl groups is 1. The van der Waals surface area contributed by atoms with Gasteiger partial charge >= 0.3 is 5.69 Å². The van der Waals surface area contributed by atoms with E-state index in [4.69, 9.17) is 10.8 Å². The molecule has 0 unspecified atom stereocenters. The van der Waals surface area contributed by atoms with Crippen LogP contribution in [0.4, 0.5) is 5.82 Å². The standard InChI is InChI=1S/C27H47N3O5/c1-4-5-6-7-8-9-10-11-12-13-14-15-16-17-20-34-25-24(32)21(2)35-26(25)30-19-18-23(28-22(3)31)29-27(30)33/h18-19,21,24-26,32H,4-17,20H2,1-3H3,(H,28,29,31,33)/t21-,24-,25-,26-/m1/s1/i2D. The number of hydrogen-bond donors (Lipinski definition) is 2. The number of rotatable bonds is 18. The van der Waals surface area contributed by atoms with E-state index in [-0.39, 0.29) is 18.6 Å². The fraction of sp³-hybridized carbons (Fsp3) is 0.815. The quantitative estimate of drug-likeness (QED) is 0.267. The second-order valence-corrected chi connectivity index (χ2v) is 9.67. The summed E-state index contributed by atoms with van der Waals surface area (Å²) in [6, 6.07) is 1.50. The van der Waals surface area contributed by atoms with Gasteiger partial charge < -0.3 is 19.9 Å². The van der Waals surface area contributed by atoms with Gasteiger partial charge in [-0.05, 0) is 19.4 Å². The lowest BCUT2D eigenvalue weighted by Crippen LogP contribution is -2.37. The SMILES string of the molecule is [2H]C[C@H]1O[C@@H](n2ccc(NC(C)=O)nc2=O)[C@H](OCCCCCCCCCCCCCCCC)[C@@H]1O. The van der Waals surface area contributed by atoms with Crippen LogP contribution >= 0.6 is 0 Å². The van der Waals surface area contributed by atoms with E-state index < -0.39 is 30.2 Å². The molecule has 1 fully saturated rings. The third-order valence-electron chi connectivity index (χ3n) is 6.53. The monoisotopic (exact) mass is 494 g/mol. The molecule has 1 aliphatic rings. The number of anilines is 1. The number of carbonyl (C=O) groups is 1. The fourth-order valence-corrected chi connectivity index (χ4v) is 4.49. The van der Waals surface area contributed by atoms with Gasteiger partial charge in [-0.25, -0.2) is 4.79 Å². The van der Waals surface area contributed by atoms with E-state index in [9.17, 15) is 14.7 Å². The predicted octanol–water partition coefficient (Wildman–Crippen LogP) is 5.35. The number of unbranched alkanes of at least 4 members (excludes halogenated alkanes) is 13. The number of nitrogens with one attached hydrogen (secondary N) is 1. The summed E-state index contributed by atoms with van der Waals surface area (Å²) in [6.07, 6.45) is 16.0. The molecule has 0 aromatic carbocycles. The smallest absolute Gasteiger partial charge is 0.351 e. The predicted molar refractivity (Wildman–Crippen MR) is 138 cm³/mol. The molecule has 35 heavy (non-hydrogen) atoms. The molecule has 1 aromatic rings. The average molecular weight is 495 g/mol. The van der Waals surface area contributed by atoms with E-state index in [0.717, 1.165) is 19.3 Å². The molecule has 0 bridgehead atoms. The van der Waals surface area contributed by atoms with Crippen LogP contribution in [0.2, 0.25) is 0 Å². The van der Waals surface area contributed by atoms with Crippen LogP contribution in [0, 0.1) is 0 Å². The zero-order valence-corrected chi connectivity index (χ0v) is 21.8. The Hall–Kier alpha value is -1.77. The summed E-state index contributed by atoms with van der Waals surface area (Å²) < 4.78 is 20.6. The van der Waals surface area contributed by atoms with Crippen molar-refractivity contribution < 1.29 is 20.7 Å². The Labute approximate surface area is 212 Å². The molecule has 2 N–H and O–H groups in total. The highest BCUT2D eigenvalue weighted by atomic mass is 16.6. The number of aliphatic hydroxyl groups excluding tert-OH is 1. The van der Waals surface area contributed by atoms with Crippen molar-refractivity contribution in [2.45, 2.75) is 135 Å². The van der Waals surface area contributed by atoms with E-state index in [1.807, 2.05) is 0 Å². The Morgan fingerprint density at radius 2 is 1.66 bits per heavy atom. The summed E-state index contributed by atoms with van der Waals surface area (Å²) in [6.45, 7) is 3.91. The number of amides is 1. The normalized spacial score (nSPS) is 22.3. The van der Waals surface area contributed by atoms with E-state index in [0.29, 0.717) is 6.61 Å². The van der Waals surface area contributed by atoms with E-state index in [1.54, 1.807) is 0 Å². The van der Waals surface area contributed by atoms with E-state index >= 15 is 0 Å². The molecule has 2 rings (SSSR count). The van der Waals surface area contributed by atoms with Gasteiger partial charge in [-0.2, -0.15) is 4.98 Å². The van der Waals surface area contributed by atoms with Crippen molar-refractivity contribution in [3.63, 3.8) is 0 Å². The van der Waals surface area contributed by atoms with Crippen molar-refractivity contribution in [1.29, 1.82) is 0 Å². The number of aromatic nitrogens is 2. The van der Waals surface area contributed by atoms with Crippen molar-refractivity contribution in [1.82, 2.24) is 9.55 Å². The lowest BCUT2D eigenvalue weighted by Gasteiger charge is -2.22. The van der Waals surface area contributed by atoms with Crippen LogP contribution < -0.4 is 11.0 Å². The molecule has 2 heterocycles. The Balaban J connectivity index is 1.65. The fourth-order valence-electron chi connectivity index (χ4n) is 4.49. The largest absolute Gasteiger partial charge is 0.388 e. The van der Waals surface area contributed by atoms with Gasteiger partial charge in [0.25, 0.3) is 0 Å². The number of carbonyl (C=O) groups excluding carboxylic acids is 1. The highest BCUT2D eigenvalue weighted by molar-refractivity contribution is 5.87. The van der Waals surface area contributed by atoms with Crippen LogP contribution in [0.25, 0.3) is 0 Å². The van der Waals surface area contributed by atoms with Gasteiger partial charge in [-0.1, -0.05) is 90.4 Å². The first-order valence-electron chi connectivity index (χ1n) is 14.3. The summed E-state index contributed by atoms with van der Waals surface area (Å²) >= 11 is 0. The van der Waals surface area contributed by atoms with Gasteiger partial charge in [-0.15, -0.1) is 0 Å².